The maximum absolute atomic E-state index is 2.24. The minimum absolute atomic E-state index is 0.896. The molecule has 0 aliphatic carbocycles. The minimum Gasteiger partial charge on any atom is -0.371 e. The van der Waals surface area contributed by atoms with Crippen LogP contribution in [0, 0.1) is 0 Å². The Hall–Kier alpha value is -2.54. The molecule has 0 aliphatic heterocycles. The molecule has 0 amide bonds. The number of fused-ring (bicyclic) bond motifs is 1. The zero-order valence-corrected chi connectivity index (χ0v) is 12.2. The largest absolute Gasteiger partial charge is 0.371 e. The van der Waals surface area contributed by atoms with Crippen molar-refractivity contribution in [3.8, 4) is 0 Å². The zero-order valence-electron chi connectivity index (χ0n) is 12.2. The van der Waals surface area contributed by atoms with Gasteiger partial charge in [0.15, 0.2) is 0 Å². The van der Waals surface area contributed by atoms with E-state index >= 15 is 0 Å². The molecule has 3 aromatic carbocycles. The Morgan fingerprint density at radius 1 is 0.810 bits per heavy atom. The van der Waals surface area contributed by atoms with Crippen LogP contribution in [0.2, 0.25) is 0 Å². The van der Waals surface area contributed by atoms with Crippen molar-refractivity contribution in [3.05, 3.63) is 84.4 Å². The van der Waals surface area contributed by atoms with E-state index in [1.165, 1.54) is 22.0 Å². The predicted molar refractivity (Wildman–Crippen MR) is 92.7 cm³/mol. The van der Waals surface area contributed by atoms with Crippen molar-refractivity contribution in [2.45, 2.75) is 0 Å². The molecule has 0 bridgehead atoms. The first kappa shape index (κ1) is 13.4. The number of likely N-dealkylation sites (N-methyl/N-ethyl adjacent to an activating group) is 1. The van der Waals surface area contributed by atoms with Gasteiger partial charge in [-0.1, -0.05) is 72.8 Å². The Labute approximate surface area is 126 Å². The van der Waals surface area contributed by atoms with Crippen LogP contribution in [-0.2, 0) is 0 Å². The smallest absolute Gasteiger partial charge is 0.0366 e. The molecule has 0 N–H and O–H groups in total. The summed E-state index contributed by atoms with van der Waals surface area (Å²) in [7, 11) is 2.11. The Morgan fingerprint density at radius 3 is 2.38 bits per heavy atom. The van der Waals surface area contributed by atoms with E-state index in [4.69, 9.17) is 0 Å². The van der Waals surface area contributed by atoms with Gasteiger partial charge in [0.1, 0.15) is 0 Å². The predicted octanol–water partition coefficient (Wildman–Crippen LogP) is 4.99. The molecule has 0 aliphatic rings. The lowest BCUT2D eigenvalue weighted by molar-refractivity contribution is 1.03. The fourth-order valence-electron chi connectivity index (χ4n) is 2.52. The highest BCUT2D eigenvalue weighted by atomic mass is 15.1. The highest BCUT2D eigenvalue weighted by molar-refractivity contribution is 5.90. The lowest BCUT2D eigenvalue weighted by Gasteiger charge is -2.16. The number of nitrogens with zero attached hydrogens (tertiary/aromatic N) is 1. The van der Waals surface area contributed by atoms with Crippen molar-refractivity contribution in [1.82, 2.24) is 0 Å². The average Bonchev–Trinajstić information content (AvgIpc) is 2.56. The maximum atomic E-state index is 2.24. The van der Waals surface area contributed by atoms with Crippen LogP contribution in [0.15, 0.2) is 78.9 Å². The fraction of sp³-hybridized carbons (Fsp3) is 0.100. The molecule has 1 nitrogen and oxygen atoms in total. The highest BCUT2D eigenvalue weighted by Gasteiger charge is 1.98. The highest BCUT2D eigenvalue weighted by Crippen LogP contribution is 2.19. The van der Waals surface area contributed by atoms with Crippen LogP contribution in [0.3, 0.4) is 0 Å². The number of anilines is 1. The molecule has 0 radical (unpaired) electrons. The number of benzene rings is 3. The summed E-state index contributed by atoms with van der Waals surface area (Å²) in [6, 6.07) is 25.4. The van der Waals surface area contributed by atoms with E-state index in [1.54, 1.807) is 0 Å². The second kappa shape index (κ2) is 6.27. The zero-order chi connectivity index (χ0) is 14.5. The Bertz CT molecular complexity index is 739. The average molecular weight is 273 g/mol. The van der Waals surface area contributed by atoms with E-state index in [2.05, 4.69) is 90.8 Å². The molecular formula is C20H19N. The van der Waals surface area contributed by atoms with E-state index in [0.717, 1.165) is 6.54 Å². The van der Waals surface area contributed by atoms with Gasteiger partial charge in [0.05, 0.1) is 0 Å². The second-order valence-corrected chi connectivity index (χ2v) is 5.19. The molecule has 0 atom stereocenters. The van der Waals surface area contributed by atoms with Gasteiger partial charge >= 0.3 is 0 Å². The summed E-state index contributed by atoms with van der Waals surface area (Å²) in [5.74, 6) is 0. The molecule has 104 valence electrons. The molecule has 0 saturated heterocycles. The summed E-state index contributed by atoms with van der Waals surface area (Å²) in [6.07, 6.45) is 4.43. The summed E-state index contributed by atoms with van der Waals surface area (Å²) in [5, 5.41) is 2.59. The monoisotopic (exact) mass is 273 g/mol. The molecular weight excluding hydrogens is 254 g/mol. The molecule has 1 heteroatoms. The third-order valence-corrected chi connectivity index (χ3v) is 3.70. The molecule has 3 rings (SSSR count). The van der Waals surface area contributed by atoms with Gasteiger partial charge < -0.3 is 4.90 Å². The van der Waals surface area contributed by atoms with Gasteiger partial charge in [0.2, 0.25) is 0 Å². The van der Waals surface area contributed by atoms with Crippen LogP contribution in [0.5, 0.6) is 0 Å². The first-order chi connectivity index (χ1) is 10.3. The Balaban J connectivity index is 1.76. The van der Waals surface area contributed by atoms with Gasteiger partial charge in [0.25, 0.3) is 0 Å². The summed E-state index contributed by atoms with van der Waals surface area (Å²) in [5.41, 5.74) is 2.51. The molecule has 0 saturated carbocycles. The number of hydrogen-bond acceptors (Lipinski definition) is 1. The van der Waals surface area contributed by atoms with Gasteiger partial charge in [-0.25, -0.2) is 0 Å². The van der Waals surface area contributed by atoms with Crippen molar-refractivity contribution in [3.63, 3.8) is 0 Å². The van der Waals surface area contributed by atoms with E-state index in [1.807, 2.05) is 6.07 Å². The lowest BCUT2D eigenvalue weighted by Crippen LogP contribution is -2.16. The standard InChI is InChI=1S/C20H19N/c1-21(19-13-3-2-4-14-19)16-8-12-18-11-7-10-17-9-5-6-15-20(17)18/h2-15H,16H2,1H3/b12-8+. The molecule has 21 heavy (non-hydrogen) atoms. The molecule has 0 fully saturated rings. The van der Waals surface area contributed by atoms with Gasteiger partial charge in [-0.05, 0) is 28.5 Å². The van der Waals surface area contributed by atoms with E-state index in [-0.39, 0.29) is 0 Å². The van der Waals surface area contributed by atoms with Crippen LogP contribution >= 0.6 is 0 Å². The van der Waals surface area contributed by atoms with E-state index in [0.29, 0.717) is 0 Å². The maximum Gasteiger partial charge on any atom is 0.0366 e. The van der Waals surface area contributed by atoms with Crippen molar-refractivity contribution in [1.29, 1.82) is 0 Å². The molecule has 3 aromatic rings. The number of rotatable bonds is 4. The molecule has 0 aromatic heterocycles. The van der Waals surface area contributed by atoms with Crippen molar-refractivity contribution < 1.29 is 0 Å². The summed E-state index contributed by atoms with van der Waals surface area (Å²) < 4.78 is 0. The SMILES string of the molecule is CN(C/C=C/c1cccc2ccccc12)c1ccccc1. The Morgan fingerprint density at radius 2 is 1.52 bits per heavy atom. The van der Waals surface area contributed by atoms with Crippen LogP contribution in [0.4, 0.5) is 5.69 Å². The number of para-hydroxylation sites is 1. The Kier molecular flexibility index (Phi) is 4.02. The van der Waals surface area contributed by atoms with Crippen molar-refractivity contribution in [2.75, 3.05) is 18.5 Å². The topological polar surface area (TPSA) is 3.24 Å². The number of hydrogen-bond donors (Lipinski definition) is 0. The first-order valence-electron chi connectivity index (χ1n) is 7.25. The van der Waals surface area contributed by atoms with Crippen LogP contribution in [-0.4, -0.2) is 13.6 Å². The quantitative estimate of drug-likeness (QED) is 0.647. The normalized spacial score (nSPS) is 11.1. The van der Waals surface area contributed by atoms with Crippen molar-refractivity contribution in [2.24, 2.45) is 0 Å². The van der Waals surface area contributed by atoms with E-state index < -0.39 is 0 Å². The van der Waals surface area contributed by atoms with E-state index in [9.17, 15) is 0 Å². The lowest BCUT2D eigenvalue weighted by atomic mass is 10.0. The van der Waals surface area contributed by atoms with Crippen LogP contribution in [0.25, 0.3) is 16.8 Å². The fourth-order valence-corrected chi connectivity index (χ4v) is 2.52. The molecule has 0 unspecified atom stereocenters. The second-order valence-electron chi connectivity index (χ2n) is 5.19. The van der Waals surface area contributed by atoms with Crippen LogP contribution < -0.4 is 4.90 Å². The van der Waals surface area contributed by atoms with Crippen LogP contribution in [0.1, 0.15) is 5.56 Å². The summed E-state index contributed by atoms with van der Waals surface area (Å²) in [6.45, 7) is 0.896. The van der Waals surface area contributed by atoms with Gasteiger partial charge in [-0.3, -0.25) is 0 Å². The molecule has 0 heterocycles. The van der Waals surface area contributed by atoms with Crippen molar-refractivity contribution >= 4 is 22.5 Å². The minimum atomic E-state index is 0.896. The third kappa shape index (κ3) is 3.14. The summed E-state index contributed by atoms with van der Waals surface area (Å²) in [4.78, 5) is 2.24. The van der Waals surface area contributed by atoms with Gasteiger partial charge in [-0.15, -0.1) is 0 Å². The molecule has 0 spiro atoms. The van der Waals surface area contributed by atoms with Gasteiger partial charge in [0, 0.05) is 19.3 Å². The summed E-state index contributed by atoms with van der Waals surface area (Å²) >= 11 is 0. The third-order valence-electron chi connectivity index (χ3n) is 3.70. The first-order valence-corrected chi connectivity index (χ1v) is 7.25. The van der Waals surface area contributed by atoms with Gasteiger partial charge in [-0.2, -0.15) is 0 Å².